The van der Waals surface area contributed by atoms with Gasteiger partial charge in [-0.2, -0.15) is 0 Å². The first-order valence-corrected chi connectivity index (χ1v) is 6.76. The van der Waals surface area contributed by atoms with Gasteiger partial charge in [-0.3, -0.25) is 24.0 Å². The maximum atomic E-state index is 11.7. The summed E-state index contributed by atoms with van der Waals surface area (Å²) in [6, 6.07) is -2.77. The van der Waals surface area contributed by atoms with Crippen LogP contribution in [0.15, 0.2) is 0 Å². The molecule has 0 bridgehead atoms. The molecule has 0 spiro atoms. The molecular weight excluding hydrogens is 328 g/mol. The molecule has 8 N–H and O–H groups in total. The number of aliphatic hydroxyl groups excluding tert-OH is 1. The van der Waals surface area contributed by atoms with Gasteiger partial charge in [0.25, 0.3) is 0 Å². The third-order valence-electron chi connectivity index (χ3n) is 2.65. The second-order valence-electron chi connectivity index (χ2n) is 4.82. The summed E-state index contributed by atoms with van der Waals surface area (Å²) >= 11 is 0. The van der Waals surface area contributed by atoms with Crippen molar-refractivity contribution in [1.82, 2.24) is 16.0 Å². The Morgan fingerprint density at radius 3 is 1.96 bits per heavy atom. The molecule has 136 valence electrons. The van der Waals surface area contributed by atoms with Crippen LogP contribution in [-0.2, 0) is 24.0 Å². The fourth-order valence-corrected chi connectivity index (χ4v) is 1.48. The minimum atomic E-state index is -1.43. The number of nitrogens with one attached hydrogen (secondary N) is 3. The number of carbonyl (C=O) groups excluding carboxylic acids is 3. The lowest BCUT2D eigenvalue weighted by Crippen LogP contribution is -2.55. The number of carbonyl (C=O) groups is 5. The van der Waals surface area contributed by atoms with Crippen LogP contribution in [0.1, 0.15) is 13.3 Å². The van der Waals surface area contributed by atoms with Gasteiger partial charge in [-0.1, -0.05) is 0 Å². The van der Waals surface area contributed by atoms with E-state index >= 15 is 0 Å². The molecule has 0 saturated carbocycles. The van der Waals surface area contributed by atoms with E-state index in [0.717, 1.165) is 0 Å². The quantitative estimate of drug-likeness (QED) is 0.205. The third kappa shape index (κ3) is 8.65. The van der Waals surface area contributed by atoms with Crippen molar-refractivity contribution in [1.29, 1.82) is 0 Å². The van der Waals surface area contributed by atoms with Gasteiger partial charge in [0, 0.05) is 0 Å². The summed E-state index contributed by atoms with van der Waals surface area (Å²) in [7, 11) is 0. The van der Waals surface area contributed by atoms with Crippen LogP contribution in [0, 0.1) is 0 Å². The van der Waals surface area contributed by atoms with E-state index < -0.39 is 67.4 Å². The molecule has 3 unspecified atom stereocenters. The number of hydrogen-bond donors (Lipinski definition) is 7. The summed E-state index contributed by atoms with van der Waals surface area (Å²) in [5.74, 6) is -5.25. The highest BCUT2D eigenvalue weighted by Gasteiger charge is 2.26. The van der Waals surface area contributed by atoms with Crippen LogP contribution in [0.2, 0.25) is 0 Å². The van der Waals surface area contributed by atoms with Crippen molar-refractivity contribution < 1.29 is 39.3 Å². The Labute approximate surface area is 136 Å². The highest BCUT2D eigenvalue weighted by Crippen LogP contribution is 1.94. The largest absolute Gasteiger partial charge is 0.481 e. The molecular formula is C12H20N4O8. The van der Waals surface area contributed by atoms with Crippen molar-refractivity contribution in [3.8, 4) is 0 Å². The first-order chi connectivity index (χ1) is 11.0. The molecule has 0 aliphatic carbocycles. The second-order valence-corrected chi connectivity index (χ2v) is 4.82. The van der Waals surface area contributed by atoms with Gasteiger partial charge in [0.05, 0.1) is 25.1 Å². The first-order valence-electron chi connectivity index (χ1n) is 6.76. The van der Waals surface area contributed by atoms with Gasteiger partial charge in [0.1, 0.15) is 12.6 Å². The lowest BCUT2D eigenvalue weighted by molar-refractivity contribution is -0.139. The van der Waals surface area contributed by atoms with Crippen LogP contribution in [0.25, 0.3) is 0 Å². The number of nitrogens with two attached hydrogens (primary N) is 1. The second kappa shape index (κ2) is 10.1. The number of aliphatic carboxylic acids is 2. The van der Waals surface area contributed by atoms with E-state index in [-0.39, 0.29) is 0 Å². The molecule has 0 aliphatic rings. The number of amides is 3. The lowest BCUT2D eigenvalue weighted by Gasteiger charge is -2.20. The molecule has 3 atom stereocenters. The van der Waals surface area contributed by atoms with Gasteiger partial charge < -0.3 is 37.0 Å². The molecule has 3 amide bonds. The van der Waals surface area contributed by atoms with Crippen LogP contribution in [0.5, 0.6) is 0 Å². The minimum absolute atomic E-state index is 0.610. The zero-order valence-electron chi connectivity index (χ0n) is 12.8. The van der Waals surface area contributed by atoms with Crippen LogP contribution >= 0.6 is 0 Å². The SMILES string of the molecule is CC(O)C(NC(=O)CNC(=O)C(N)CC(=O)O)C(=O)NCC(=O)O. The molecule has 0 radical (unpaired) electrons. The smallest absolute Gasteiger partial charge is 0.322 e. The van der Waals surface area contributed by atoms with Crippen molar-refractivity contribution in [2.45, 2.75) is 31.5 Å². The average molecular weight is 348 g/mol. The van der Waals surface area contributed by atoms with Crippen LogP contribution in [0.4, 0.5) is 0 Å². The third-order valence-corrected chi connectivity index (χ3v) is 2.65. The van der Waals surface area contributed by atoms with Crippen molar-refractivity contribution >= 4 is 29.7 Å². The molecule has 12 nitrogen and oxygen atoms in total. The molecule has 0 fully saturated rings. The Balaban J connectivity index is 4.48. The minimum Gasteiger partial charge on any atom is -0.481 e. The van der Waals surface area contributed by atoms with Crippen molar-refractivity contribution in [2.24, 2.45) is 5.73 Å². The van der Waals surface area contributed by atoms with Crippen molar-refractivity contribution in [3.63, 3.8) is 0 Å². The fourth-order valence-electron chi connectivity index (χ4n) is 1.48. The van der Waals surface area contributed by atoms with Gasteiger partial charge in [-0.05, 0) is 6.92 Å². The van der Waals surface area contributed by atoms with Gasteiger partial charge in [-0.25, -0.2) is 0 Å². The summed E-state index contributed by atoms with van der Waals surface area (Å²) in [6.07, 6.45) is -1.95. The van der Waals surface area contributed by atoms with Gasteiger partial charge in [0.2, 0.25) is 17.7 Å². The monoisotopic (exact) mass is 348 g/mol. The Hall–Kier alpha value is -2.73. The van der Waals surface area contributed by atoms with E-state index in [0.29, 0.717) is 0 Å². The summed E-state index contributed by atoms with van der Waals surface area (Å²) in [5, 5.41) is 32.6. The summed E-state index contributed by atoms with van der Waals surface area (Å²) in [4.78, 5) is 55.5. The number of rotatable bonds is 10. The Bertz CT molecular complexity index is 507. The molecule has 0 heterocycles. The molecule has 24 heavy (non-hydrogen) atoms. The lowest BCUT2D eigenvalue weighted by atomic mass is 10.1. The number of hydrogen-bond acceptors (Lipinski definition) is 7. The zero-order valence-corrected chi connectivity index (χ0v) is 12.8. The Kier molecular flexibility index (Phi) is 8.97. The van der Waals surface area contributed by atoms with E-state index in [9.17, 15) is 29.1 Å². The maximum Gasteiger partial charge on any atom is 0.322 e. The molecule has 0 rings (SSSR count). The maximum absolute atomic E-state index is 11.7. The topological polar surface area (TPSA) is 208 Å². The van der Waals surface area contributed by atoms with Crippen molar-refractivity contribution in [2.75, 3.05) is 13.1 Å². The number of aliphatic hydroxyl groups is 1. The van der Waals surface area contributed by atoms with Gasteiger partial charge >= 0.3 is 11.9 Å². The summed E-state index contributed by atoms with van der Waals surface area (Å²) in [6.45, 7) is -0.104. The van der Waals surface area contributed by atoms with Crippen LogP contribution in [0.3, 0.4) is 0 Å². The van der Waals surface area contributed by atoms with Gasteiger partial charge in [-0.15, -0.1) is 0 Å². The van der Waals surface area contributed by atoms with Crippen molar-refractivity contribution in [3.05, 3.63) is 0 Å². The van der Waals surface area contributed by atoms with E-state index in [2.05, 4.69) is 10.6 Å². The average Bonchev–Trinajstić information content (AvgIpc) is 2.46. The molecule has 0 aliphatic heterocycles. The first kappa shape index (κ1) is 21.3. The van der Waals surface area contributed by atoms with E-state index in [4.69, 9.17) is 15.9 Å². The van der Waals surface area contributed by atoms with E-state index in [1.807, 2.05) is 5.32 Å². The predicted molar refractivity (Wildman–Crippen MR) is 77.5 cm³/mol. The van der Waals surface area contributed by atoms with Gasteiger partial charge in [0.15, 0.2) is 0 Å². The summed E-state index contributed by atoms with van der Waals surface area (Å²) < 4.78 is 0. The number of carboxylic acid groups (broad SMARTS) is 2. The molecule has 0 aromatic carbocycles. The molecule has 12 heteroatoms. The van der Waals surface area contributed by atoms with Crippen LogP contribution < -0.4 is 21.7 Å². The zero-order chi connectivity index (χ0) is 18.9. The fraction of sp³-hybridized carbons (Fsp3) is 0.583. The molecule has 0 saturated heterocycles. The molecule has 0 aromatic rings. The van der Waals surface area contributed by atoms with E-state index in [1.54, 1.807) is 0 Å². The van der Waals surface area contributed by atoms with E-state index in [1.165, 1.54) is 6.92 Å². The van der Waals surface area contributed by atoms with Crippen LogP contribution in [-0.4, -0.2) is 76.3 Å². The highest BCUT2D eigenvalue weighted by atomic mass is 16.4. The summed E-state index contributed by atoms with van der Waals surface area (Å²) in [5.41, 5.74) is 5.29. The Morgan fingerprint density at radius 1 is 0.958 bits per heavy atom. The highest BCUT2D eigenvalue weighted by molar-refractivity contribution is 5.92. The predicted octanol–water partition coefficient (Wildman–Crippen LogP) is -4.03. The Morgan fingerprint density at radius 2 is 1.50 bits per heavy atom. The standard InChI is InChI=1S/C12H20N4O8/c1-5(17)10(12(24)15-4-9(21)22)16-7(18)3-14-11(23)6(13)2-8(19)20/h5-6,10,17H,2-4,13H2,1H3,(H,14,23)(H,15,24)(H,16,18)(H,19,20)(H,21,22). The number of carboxylic acids is 2. The molecule has 0 aromatic heterocycles. The normalized spacial score (nSPS) is 14.0.